The summed E-state index contributed by atoms with van der Waals surface area (Å²) in [7, 11) is 0. The van der Waals surface area contributed by atoms with Gasteiger partial charge >= 0.3 is 0 Å². The van der Waals surface area contributed by atoms with Crippen molar-refractivity contribution < 1.29 is 0 Å². The first-order chi connectivity index (χ1) is 8.72. The zero-order chi connectivity index (χ0) is 13.0. The van der Waals surface area contributed by atoms with Crippen molar-refractivity contribution >= 4 is 17.4 Å². The van der Waals surface area contributed by atoms with Crippen LogP contribution >= 0.6 is 11.6 Å². The summed E-state index contributed by atoms with van der Waals surface area (Å²) < 4.78 is 0. The van der Waals surface area contributed by atoms with E-state index in [0.717, 1.165) is 43.5 Å². The Hall–Kier alpha value is -0.830. The fraction of sp³-hybridized carbons (Fsp3) is 0.714. The van der Waals surface area contributed by atoms with Crippen LogP contribution in [-0.4, -0.2) is 23.1 Å². The Balaban J connectivity index is 2.08. The number of halogens is 1. The summed E-state index contributed by atoms with van der Waals surface area (Å²) in [6.45, 7) is 6.61. The highest BCUT2D eigenvalue weighted by Crippen LogP contribution is 2.26. The van der Waals surface area contributed by atoms with Crippen molar-refractivity contribution in [1.29, 1.82) is 0 Å². The monoisotopic (exact) mass is 267 g/mol. The van der Waals surface area contributed by atoms with Crippen LogP contribution in [0.3, 0.4) is 0 Å². The highest BCUT2D eigenvalue weighted by molar-refractivity contribution is 6.29. The Labute approximate surface area is 115 Å². The average Bonchev–Trinajstić information content (AvgIpc) is 2.78. The maximum atomic E-state index is 6.08. The van der Waals surface area contributed by atoms with Crippen LogP contribution < -0.4 is 4.90 Å². The van der Waals surface area contributed by atoms with Gasteiger partial charge in [-0.2, -0.15) is 0 Å². The van der Waals surface area contributed by atoms with Gasteiger partial charge in [0, 0.05) is 25.6 Å². The molecule has 0 spiro atoms. The highest BCUT2D eigenvalue weighted by atomic mass is 35.5. The molecule has 0 amide bonds. The molecule has 1 aliphatic rings. The maximum absolute atomic E-state index is 6.08. The van der Waals surface area contributed by atoms with Crippen LogP contribution in [0.15, 0.2) is 6.07 Å². The number of aromatic nitrogens is 2. The van der Waals surface area contributed by atoms with E-state index in [0.29, 0.717) is 5.15 Å². The van der Waals surface area contributed by atoms with E-state index in [1.54, 1.807) is 0 Å². The van der Waals surface area contributed by atoms with Gasteiger partial charge in [-0.05, 0) is 25.2 Å². The quantitative estimate of drug-likeness (QED) is 0.762. The molecule has 0 bridgehead atoms. The summed E-state index contributed by atoms with van der Waals surface area (Å²) >= 11 is 6.08. The number of anilines is 1. The van der Waals surface area contributed by atoms with Crippen molar-refractivity contribution in [1.82, 2.24) is 9.97 Å². The predicted octanol–water partition coefficient (Wildman–Crippen LogP) is 3.71. The van der Waals surface area contributed by atoms with Gasteiger partial charge in [0.15, 0.2) is 0 Å². The minimum absolute atomic E-state index is 0.572. The van der Waals surface area contributed by atoms with E-state index in [-0.39, 0.29) is 0 Å². The van der Waals surface area contributed by atoms with Gasteiger partial charge < -0.3 is 4.90 Å². The topological polar surface area (TPSA) is 29.0 Å². The Morgan fingerprint density at radius 2 is 2.17 bits per heavy atom. The van der Waals surface area contributed by atoms with Gasteiger partial charge in [-0.1, -0.05) is 31.9 Å². The minimum Gasteiger partial charge on any atom is -0.356 e. The lowest BCUT2D eigenvalue weighted by Crippen LogP contribution is -2.21. The summed E-state index contributed by atoms with van der Waals surface area (Å²) in [4.78, 5) is 11.3. The van der Waals surface area contributed by atoms with Gasteiger partial charge in [-0.25, -0.2) is 9.97 Å². The van der Waals surface area contributed by atoms with Crippen LogP contribution in [0.5, 0.6) is 0 Å². The van der Waals surface area contributed by atoms with Gasteiger partial charge in [0.05, 0.1) is 0 Å². The van der Waals surface area contributed by atoms with Crippen LogP contribution in [0.2, 0.25) is 5.15 Å². The van der Waals surface area contributed by atoms with E-state index in [1.165, 1.54) is 19.3 Å². The molecule has 3 nitrogen and oxygen atoms in total. The lowest BCUT2D eigenvalue weighted by atomic mass is 10.0. The molecule has 1 saturated heterocycles. The molecule has 2 rings (SSSR count). The molecule has 0 aromatic carbocycles. The Morgan fingerprint density at radius 1 is 1.33 bits per heavy atom. The fourth-order valence-electron chi connectivity index (χ4n) is 2.63. The Kier molecular flexibility index (Phi) is 4.81. The number of aryl methyl sites for hydroxylation is 1. The molecule has 0 radical (unpaired) electrons. The maximum Gasteiger partial charge on any atom is 0.134 e. The summed E-state index contributed by atoms with van der Waals surface area (Å²) in [5.41, 5.74) is 0. The van der Waals surface area contributed by atoms with E-state index in [9.17, 15) is 0 Å². The predicted molar refractivity (Wildman–Crippen MR) is 76.3 cm³/mol. The molecule has 1 unspecified atom stereocenters. The van der Waals surface area contributed by atoms with E-state index in [2.05, 4.69) is 28.7 Å². The molecule has 0 N–H and O–H groups in total. The van der Waals surface area contributed by atoms with Crippen molar-refractivity contribution in [3.05, 3.63) is 17.0 Å². The van der Waals surface area contributed by atoms with Crippen molar-refractivity contribution in [3.63, 3.8) is 0 Å². The lowest BCUT2D eigenvalue weighted by Gasteiger charge is -2.18. The first-order valence-electron chi connectivity index (χ1n) is 7.01. The zero-order valence-electron chi connectivity index (χ0n) is 11.3. The van der Waals surface area contributed by atoms with Crippen molar-refractivity contribution in [2.75, 3.05) is 18.0 Å². The standard InChI is InChI=1S/C14H22ClN3/c1-3-5-11-7-8-18(10-11)14-9-12(15)16-13(17-14)6-4-2/h9,11H,3-8,10H2,1-2H3. The third-order valence-corrected chi connectivity index (χ3v) is 3.70. The van der Waals surface area contributed by atoms with Crippen LogP contribution in [0, 0.1) is 5.92 Å². The van der Waals surface area contributed by atoms with Gasteiger partial charge in [0.25, 0.3) is 0 Å². The Bertz CT molecular complexity index is 395. The second kappa shape index (κ2) is 6.37. The second-order valence-electron chi connectivity index (χ2n) is 5.10. The first-order valence-corrected chi connectivity index (χ1v) is 7.39. The fourth-order valence-corrected chi connectivity index (χ4v) is 2.83. The normalized spacial score (nSPS) is 19.5. The largest absolute Gasteiger partial charge is 0.356 e. The summed E-state index contributed by atoms with van der Waals surface area (Å²) in [6.07, 6.45) is 5.82. The molecule has 2 heterocycles. The highest BCUT2D eigenvalue weighted by Gasteiger charge is 2.23. The molecule has 0 saturated carbocycles. The molecule has 1 fully saturated rings. The van der Waals surface area contributed by atoms with Crippen LogP contribution in [0.25, 0.3) is 0 Å². The molecule has 18 heavy (non-hydrogen) atoms. The van der Waals surface area contributed by atoms with Crippen LogP contribution in [-0.2, 0) is 6.42 Å². The Morgan fingerprint density at radius 3 is 2.89 bits per heavy atom. The number of nitrogens with zero attached hydrogens (tertiary/aromatic N) is 3. The third kappa shape index (κ3) is 3.35. The molecule has 100 valence electrons. The molecule has 1 atom stereocenters. The van der Waals surface area contributed by atoms with E-state index >= 15 is 0 Å². The molecule has 4 heteroatoms. The van der Waals surface area contributed by atoms with Gasteiger partial charge in [0.1, 0.15) is 16.8 Å². The average molecular weight is 268 g/mol. The van der Waals surface area contributed by atoms with Crippen molar-refractivity contribution in [2.24, 2.45) is 5.92 Å². The number of rotatable bonds is 5. The number of hydrogen-bond donors (Lipinski definition) is 0. The molecule has 1 aromatic rings. The second-order valence-corrected chi connectivity index (χ2v) is 5.49. The third-order valence-electron chi connectivity index (χ3n) is 3.51. The molecular weight excluding hydrogens is 246 g/mol. The van der Waals surface area contributed by atoms with E-state index in [4.69, 9.17) is 11.6 Å². The zero-order valence-corrected chi connectivity index (χ0v) is 12.1. The summed E-state index contributed by atoms with van der Waals surface area (Å²) in [5, 5.41) is 0.572. The lowest BCUT2D eigenvalue weighted by molar-refractivity contribution is 0.529. The van der Waals surface area contributed by atoms with E-state index < -0.39 is 0 Å². The molecular formula is C14H22ClN3. The minimum atomic E-state index is 0.572. The van der Waals surface area contributed by atoms with Gasteiger partial charge in [0.2, 0.25) is 0 Å². The summed E-state index contributed by atoms with van der Waals surface area (Å²) in [6, 6.07) is 1.90. The molecule has 0 aliphatic carbocycles. The molecule has 1 aromatic heterocycles. The summed E-state index contributed by atoms with van der Waals surface area (Å²) in [5.74, 6) is 2.70. The van der Waals surface area contributed by atoms with Crippen LogP contribution in [0.1, 0.15) is 45.4 Å². The van der Waals surface area contributed by atoms with E-state index in [1.807, 2.05) is 6.07 Å². The van der Waals surface area contributed by atoms with Crippen LogP contribution in [0.4, 0.5) is 5.82 Å². The first kappa shape index (κ1) is 13.6. The van der Waals surface area contributed by atoms with Gasteiger partial charge in [-0.15, -0.1) is 0 Å². The smallest absolute Gasteiger partial charge is 0.134 e. The molecule has 1 aliphatic heterocycles. The van der Waals surface area contributed by atoms with Gasteiger partial charge in [-0.3, -0.25) is 0 Å². The van der Waals surface area contributed by atoms with Crippen molar-refractivity contribution in [2.45, 2.75) is 46.0 Å². The number of hydrogen-bond acceptors (Lipinski definition) is 3. The van der Waals surface area contributed by atoms with Crippen molar-refractivity contribution in [3.8, 4) is 0 Å². The SMILES string of the molecule is CCCc1nc(Cl)cc(N2CCC(CCC)C2)n1.